The molecule has 1 atom stereocenters. The van der Waals surface area contributed by atoms with Crippen LogP contribution in [0.2, 0.25) is 0 Å². The minimum atomic E-state index is -0.0424. The summed E-state index contributed by atoms with van der Waals surface area (Å²) in [5.74, 6) is 0.873. The van der Waals surface area contributed by atoms with Crippen LogP contribution in [-0.2, 0) is 0 Å². The lowest BCUT2D eigenvalue weighted by Gasteiger charge is -2.24. The molecular formula is C58H40N4. The summed E-state index contributed by atoms with van der Waals surface area (Å²) in [4.78, 5) is 5.07. The molecule has 0 aliphatic carbocycles. The number of amidine groups is 1. The molecule has 62 heavy (non-hydrogen) atoms. The molecule has 1 aliphatic rings. The van der Waals surface area contributed by atoms with Crippen LogP contribution in [-0.4, -0.2) is 15.0 Å². The van der Waals surface area contributed by atoms with Crippen molar-refractivity contribution in [3.63, 3.8) is 0 Å². The summed E-state index contributed by atoms with van der Waals surface area (Å²) >= 11 is 0. The molecule has 9 aromatic carbocycles. The lowest BCUT2D eigenvalue weighted by molar-refractivity contribution is 0.780. The number of nitrogens with zero attached hydrogens (tertiary/aromatic N) is 3. The quantitative estimate of drug-likeness (QED) is 0.171. The third-order valence-corrected chi connectivity index (χ3v) is 12.4. The van der Waals surface area contributed by atoms with Gasteiger partial charge in [-0.2, -0.15) is 0 Å². The molecule has 0 spiro atoms. The van der Waals surface area contributed by atoms with Crippen molar-refractivity contribution in [2.75, 3.05) is 0 Å². The number of hydrogen-bond acceptors (Lipinski definition) is 2. The summed E-state index contributed by atoms with van der Waals surface area (Å²) in [6, 6.07) is 80.7. The summed E-state index contributed by atoms with van der Waals surface area (Å²) < 4.78 is 4.79. The summed E-state index contributed by atoms with van der Waals surface area (Å²) in [6.45, 7) is 0. The molecule has 2 aromatic heterocycles. The lowest BCUT2D eigenvalue weighted by Crippen LogP contribution is -2.31. The zero-order valence-electron chi connectivity index (χ0n) is 33.9. The molecule has 1 N–H and O–H groups in total. The first-order valence-electron chi connectivity index (χ1n) is 21.2. The van der Waals surface area contributed by atoms with Crippen LogP contribution in [0.15, 0.2) is 236 Å². The molecular weight excluding hydrogens is 753 g/mol. The average molecular weight is 793 g/mol. The Labute approximate surface area is 360 Å². The van der Waals surface area contributed by atoms with Crippen molar-refractivity contribution < 1.29 is 0 Å². The Morgan fingerprint density at radius 1 is 0.339 bits per heavy atom. The van der Waals surface area contributed by atoms with Gasteiger partial charge in [0.25, 0.3) is 0 Å². The second-order valence-electron chi connectivity index (χ2n) is 16.0. The van der Waals surface area contributed by atoms with Gasteiger partial charge >= 0.3 is 0 Å². The molecule has 0 amide bonds. The third-order valence-electron chi connectivity index (χ3n) is 12.4. The molecule has 1 aliphatic heterocycles. The maximum atomic E-state index is 5.07. The van der Waals surface area contributed by atoms with Gasteiger partial charge < -0.3 is 14.5 Å². The topological polar surface area (TPSA) is 34.2 Å². The Bertz CT molecular complexity index is 3500. The van der Waals surface area contributed by atoms with E-state index in [2.05, 4.69) is 233 Å². The highest BCUT2D eigenvalue weighted by molar-refractivity contribution is 6.13. The number of fused-ring (bicyclic) bond motifs is 6. The van der Waals surface area contributed by atoms with Crippen molar-refractivity contribution in [1.82, 2.24) is 14.5 Å². The van der Waals surface area contributed by atoms with E-state index in [-0.39, 0.29) is 6.04 Å². The first-order valence-corrected chi connectivity index (χ1v) is 21.2. The maximum absolute atomic E-state index is 5.07. The molecule has 0 radical (unpaired) electrons. The fraction of sp³-hybridized carbons (Fsp3) is 0.0172. The van der Waals surface area contributed by atoms with Crippen molar-refractivity contribution in [2.45, 2.75) is 6.04 Å². The highest BCUT2D eigenvalue weighted by atomic mass is 15.1. The van der Waals surface area contributed by atoms with Gasteiger partial charge in [0, 0.05) is 38.5 Å². The standard InChI is InChI=1S/C58H40N4/c1-4-14-39(15-5-1)40-24-30-46(31-25-40)61-54-22-12-10-20-48(54)50-36-44(28-34-56(50)61)45-29-35-57-51(37-45)49-21-11-13-23-55(49)62(57)47-32-26-42(27-33-47)53-38-52(41-16-6-2-7-17-41)59-58(60-53)43-18-8-3-9-19-43/h1-38,53H,(H,59,60). The maximum Gasteiger partial charge on any atom is 0.134 e. The Morgan fingerprint density at radius 2 is 0.758 bits per heavy atom. The van der Waals surface area contributed by atoms with E-state index in [9.17, 15) is 0 Å². The van der Waals surface area contributed by atoms with Crippen molar-refractivity contribution in [2.24, 2.45) is 4.99 Å². The molecule has 0 fully saturated rings. The molecule has 1 unspecified atom stereocenters. The average Bonchev–Trinajstić information content (AvgIpc) is 3.87. The van der Waals surface area contributed by atoms with E-state index in [0.29, 0.717) is 0 Å². The van der Waals surface area contributed by atoms with E-state index in [1.54, 1.807) is 0 Å². The van der Waals surface area contributed by atoms with E-state index in [1.807, 2.05) is 12.1 Å². The monoisotopic (exact) mass is 792 g/mol. The third kappa shape index (κ3) is 6.12. The number of para-hydroxylation sites is 2. The van der Waals surface area contributed by atoms with E-state index < -0.39 is 0 Å². The van der Waals surface area contributed by atoms with E-state index in [1.165, 1.54) is 71.4 Å². The van der Waals surface area contributed by atoms with Gasteiger partial charge in [0.1, 0.15) is 5.84 Å². The van der Waals surface area contributed by atoms with Crippen molar-refractivity contribution in [3.05, 3.63) is 247 Å². The van der Waals surface area contributed by atoms with Gasteiger partial charge in [-0.1, -0.05) is 164 Å². The molecule has 0 saturated heterocycles. The van der Waals surface area contributed by atoms with Gasteiger partial charge in [0.05, 0.1) is 33.8 Å². The second-order valence-corrected chi connectivity index (χ2v) is 16.0. The predicted molar refractivity (Wildman–Crippen MR) is 259 cm³/mol. The molecule has 12 rings (SSSR count). The molecule has 3 heterocycles. The summed E-state index contributed by atoms with van der Waals surface area (Å²) in [6.07, 6.45) is 2.23. The summed E-state index contributed by atoms with van der Waals surface area (Å²) in [5, 5.41) is 8.68. The normalized spacial score (nSPS) is 14.0. The smallest absolute Gasteiger partial charge is 0.134 e. The Balaban J connectivity index is 0.908. The predicted octanol–water partition coefficient (Wildman–Crippen LogP) is 14.3. The number of hydrogen-bond donors (Lipinski definition) is 1. The number of aliphatic imine (C=N–C) groups is 1. The first-order chi connectivity index (χ1) is 30.7. The first kappa shape index (κ1) is 35.7. The Hall–Kier alpha value is -8.21. The van der Waals surface area contributed by atoms with Gasteiger partial charge in [0.2, 0.25) is 0 Å². The van der Waals surface area contributed by atoms with Crippen LogP contribution in [0, 0.1) is 0 Å². The number of aromatic nitrogens is 2. The fourth-order valence-corrected chi connectivity index (χ4v) is 9.36. The van der Waals surface area contributed by atoms with Crippen molar-refractivity contribution in [3.8, 4) is 33.6 Å². The molecule has 11 aromatic rings. The van der Waals surface area contributed by atoms with Crippen LogP contribution < -0.4 is 5.32 Å². The number of nitrogens with one attached hydrogen (secondary N) is 1. The fourth-order valence-electron chi connectivity index (χ4n) is 9.36. The van der Waals surface area contributed by atoms with E-state index in [4.69, 9.17) is 4.99 Å². The molecule has 0 bridgehead atoms. The van der Waals surface area contributed by atoms with Crippen LogP contribution in [0.3, 0.4) is 0 Å². The van der Waals surface area contributed by atoms with Gasteiger partial charge in [-0.3, -0.25) is 0 Å². The van der Waals surface area contributed by atoms with Gasteiger partial charge in [-0.05, 0) is 100 Å². The van der Waals surface area contributed by atoms with Crippen molar-refractivity contribution in [1.29, 1.82) is 0 Å². The summed E-state index contributed by atoms with van der Waals surface area (Å²) in [7, 11) is 0. The minimum Gasteiger partial charge on any atom is -0.359 e. The molecule has 4 nitrogen and oxygen atoms in total. The lowest BCUT2D eigenvalue weighted by atomic mass is 10.00. The van der Waals surface area contributed by atoms with Gasteiger partial charge in [-0.15, -0.1) is 0 Å². The van der Waals surface area contributed by atoms with Crippen molar-refractivity contribution >= 4 is 55.1 Å². The van der Waals surface area contributed by atoms with E-state index in [0.717, 1.165) is 34.0 Å². The van der Waals surface area contributed by atoms with Crippen LogP contribution >= 0.6 is 0 Å². The van der Waals surface area contributed by atoms with Crippen LogP contribution in [0.25, 0.3) is 82.9 Å². The highest BCUT2D eigenvalue weighted by Crippen LogP contribution is 2.39. The number of rotatable bonds is 7. The second kappa shape index (κ2) is 14.8. The van der Waals surface area contributed by atoms with Gasteiger partial charge in [-0.25, -0.2) is 4.99 Å². The number of benzene rings is 9. The largest absolute Gasteiger partial charge is 0.359 e. The zero-order chi connectivity index (χ0) is 41.0. The molecule has 4 heteroatoms. The summed E-state index contributed by atoms with van der Waals surface area (Å²) in [5.41, 5.74) is 16.2. The van der Waals surface area contributed by atoms with E-state index >= 15 is 0 Å². The molecule has 0 saturated carbocycles. The van der Waals surface area contributed by atoms with Crippen LogP contribution in [0.5, 0.6) is 0 Å². The zero-order valence-corrected chi connectivity index (χ0v) is 33.9. The SMILES string of the molecule is C1=C(c2ccccc2)N=C(c2ccccc2)NC1c1ccc(-n2c3ccccc3c3cc(-c4ccc5c(c4)c4ccccc4n5-c4ccc(-c5ccccc5)cc4)ccc32)cc1. The van der Waals surface area contributed by atoms with Crippen LogP contribution in [0.1, 0.15) is 22.7 Å². The van der Waals surface area contributed by atoms with Gasteiger partial charge in [0.15, 0.2) is 0 Å². The Kier molecular flexibility index (Phi) is 8.53. The van der Waals surface area contributed by atoms with Crippen LogP contribution in [0.4, 0.5) is 0 Å². The Morgan fingerprint density at radius 3 is 1.31 bits per heavy atom. The minimum absolute atomic E-state index is 0.0424. The highest BCUT2D eigenvalue weighted by Gasteiger charge is 2.21. The molecule has 292 valence electrons.